The van der Waals surface area contributed by atoms with Crippen LogP contribution >= 0.6 is 0 Å². The van der Waals surface area contributed by atoms with Crippen LogP contribution in [0, 0.1) is 0 Å². The van der Waals surface area contributed by atoms with Crippen molar-refractivity contribution in [3.63, 3.8) is 0 Å². The Bertz CT molecular complexity index is 111. The zero-order valence-corrected chi connectivity index (χ0v) is 12.3. The van der Waals surface area contributed by atoms with Crippen molar-refractivity contribution >= 4 is 22.7 Å². The smallest absolute Gasteiger partial charge is 0.0371 e. The predicted octanol–water partition coefficient (Wildman–Crippen LogP) is 0.133. The number of rotatable bonds is 0. The van der Waals surface area contributed by atoms with Crippen LogP contribution in [0.25, 0.3) is 0 Å². The van der Waals surface area contributed by atoms with Crippen molar-refractivity contribution in [2.75, 3.05) is 56.4 Å². The molecule has 0 saturated carbocycles. The zero-order valence-electron chi connectivity index (χ0n) is 12.3. The van der Waals surface area contributed by atoms with Crippen molar-refractivity contribution in [2.45, 2.75) is 0 Å². The highest BCUT2D eigenvalue weighted by Gasteiger charge is 1.58. The summed E-state index contributed by atoms with van der Waals surface area (Å²) in [5.41, 5.74) is 4.50. The van der Waals surface area contributed by atoms with Gasteiger partial charge in [0.05, 0.1) is 0 Å². The second-order valence-electron chi connectivity index (χ2n) is 3.07. The first-order chi connectivity index (χ1) is 6.38. The molecule has 0 fully saturated rings. The molecule has 0 aromatic rings. The molecule has 6 heteroatoms. The van der Waals surface area contributed by atoms with Crippen LogP contribution in [-0.2, 0) is 0 Å². The van der Waals surface area contributed by atoms with Gasteiger partial charge in [0.2, 0.25) is 0 Å². The quantitative estimate of drug-likeness (QED) is 0.477. The lowest BCUT2D eigenvalue weighted by atomic mass is 10.8. The van der Waals surface area contributed by atoms with Gasteiger partial charge in [0, 0.05) is 26.7 Å². The molecule has 0 spiro atoms. The van der Waals surface area contributed by atoms with Gasteiger partial charge in [0.15, 0.2) is 0 Å². The monoisotopic (exact) mass is 232 g/mol. The minimum Gasteiger partial charge on any atom is -0.333 e. The molecule has 0 aliphatic carbocycles. The average Bonchev–Trinajstić information content (AvgIpc) is 2.05. The third-order valence-corrected chi connectivity index (χ3v) is 0.158. The normalized spacial score (nSPS) is 5.94. The van der Waals surface area contributed by atoms with Crippen LogP contribution in [0.4, 0.5) is 0 Å². The third kappa shape index (κ3) is 9880. The van der Waals surface area contributed by atoms with Gasteiger partial charge in [-0.25, -0.2) is 4.99 Å². The van der Waals surface area contributed by atoms with Crippen molar-refractivity contribution < 1.29 is 2.85 Å². The van der Waals surface area contributed by atoms with Crippen molar-refractivity contribution in [3.05, 3.63) is 6.58 Å². The second-order valence-corrected chi connectivity index (χ2v) is 3.07. The van der Waals surface area contributed by atoms with E-state index in [-0.39, 0.29) is 19.7 Å². The van der Waals surface area contributed by atoms with Gasteiger partial charge in [-0.1, -0.05) is 0 Å². The van der Waals surface area contributed by atoms with Crippen LogP contribution in [0.15, 0.2) is 11.6 Å². The fraction of sp³-hybridized carbons (Fsp3) is 0.800. The van der Waals surface area contributed by atoms with Crippen molar-refractivity contribution in [1.29, 1.82) is 0 Å². The van der Waals surface area contributed by atoms with Gasteiger partial charge >= 0.3 is 0 Å². The predicted molar refractivity (Wildman–Crippen MR) is 84.1 cm³/mol. The van der Waals surface area contributed by atoms with E-state index in [2.05, 4.69) is 23.2 Å². The Kier molecular flexibility index (Phi) is 106. The maximum absolute atomic E-state index is 4.50. The van der Waals surface area contributed by atoms with Crippen LogP contribution in [0.5, 0.6) is 0 Å². The average molecular weight is 232 g/mol. The molecule has 0 bridgehead atoms. The largest absolute Gasteiger partial charge is 0.333 e. The van der Waals surface area contributed by atoms with Gasteiger partial charge in [-0.3, -0.25) is 0 Å². The summed E-state index contributed by atoms with van der Waals surface area (Å²) in [6.45, 7) is 3.19. The van der Waals surface area contributed by atoms with E-state index in [1.54, 1.807) is 7.05 Å². The SMILES string of the molecule is C=C=NC.CN.CN(C)C.CN(C)C.[2HH].[2HH].[B].[B]. The molecule has 0 aliphatic rings. The number of hydrogen-bond acceptors (Lipinski definition) is 4. The molecule has 0 atom stereocenters. The standard InChI is InChI=1S/2C3H9N.C3H5N.CH5N.2B.2H2/c2*1-4(2)3;1-3-4-2;1-2;;;;/h2*1-3H3;1H2,2H3;2H2,1H3;;;2*1H/i;;;;;;2*1+1. The van der Waals surface area contributed by atoms with Crippen LogP contribution < -0.4 is 5.73 Å². The van der Waals surface area contributed by atoms with Crippen molar-refractivity contribution in [2.24, 2.45) is 10.7 Å². The maximum Gasteiger partial charge on any atom is 0.0371 e. The number of hydrogen-bond donors (Lipinski definition) is 1. The van der Waals surface area contributed by atoms with Crippen LogP contribution in [0.3, 0.4) is 0 Å². The molecule has 4 nitrogen and oxygen atoms in total. The minimum atomic E-state index is 0. The van der Waals surface area contributed by atoms with Gasteiger partial charge in [0.1, 0.15) is 0 Å². The molecule has 0 rings (SSSR count). The molecule has 0 saturated heterocycles. The topological polar surface area (TPSA) is 44.9 Å². The van der Waals surface area contributed by atoms with Crippen LogP contribution in [-0.4, -0.2) is 88.9 Å². The molecule has 0 aromatic heterocycles. The fourth-order valence-electron chi connectivity index (χ4n) is 0. The molecule has 6 radical (unpaired) electrons. The lowest BCUT2D eigenvalue weighted by Gasteiger charge is -1.90. The number of nitrogens with two attached hydrogens (primary N) is 1. The summed E-state index contributed by atoms with van der Waals surface area (Å²) in [7, 11) is 15.1. The summed E-state index contributed by atoms with van der Waals surface area (Å²) >= 11 is 0. The highest BCUT2D eigenvalue weighted by molar-refractivity contribution is 5.76. The Labute approximate surface area is 110 Å². The highest BCUT2D eigenvalue weighted by Crippen LogP contribution is 1.48. The first-order valence-electron chi connectivity index (χ1n) is 4.29. The van der Waals surface area contributed by atoms with E-state index < -0.39 is 0 Å². The molecule has 2 N–H and O–H groups in total. The Balaban J connectivity index is -0.0000000118. The summed E-state index contributed by atoms with van der Waals surface area (Å²) < 4.78 is 0. The Morgan fingerprint density at radius 3 is 1.00 bits per heavy atom. The molecular weight excluding hydrogens is 198 g/mol. The number of nitrogens with zero attached hydrogens (tertiary/aromatic N) is 3. The molecule has 98 valence electrons. The summed E-state index contributed by atoms with van der Waals surface area (Å²) in [6.07, 6.45) is 0. The van der Waals surface area contributed by atoms with E-state index in [4.69, 9.17) is 0 Å². The van der Waals surface area contributed by atoms with E-state index in [1.165, 1.54) is 7.05 Å². The third-order valence-electron chi connectivity index (χ3n) is 0.158. The molecule has 16 heavy (non-hydrogen) atoms. The van der Waals surface area contributed by atoms with E-state index in [9.17, 15) is 0 Å². The first kappa shape index (κ1) is 36.1. The Hall–Kier alpha value is -0.540. The van der Waals surface area contributed by atoms with Gasteiger partial charge in [-0.05, 0) is 61.8 Å². The molecule has 0 amide bonds. The van der Waals surface area contributed by atoms with Gasteiger partial charge in [-0.15, -0.1) is 0 Å². The lowest BCUT2D eigenvalue weighted by molar-refractivity contribution is 0.505. The molecule has 0 heterocycles. The summed E-state index contributed by atoms with van der Waals surface area (Å²) in [4.78, 5) is 7.38. The van der Waals surface area contributed by atoms with Gasteiger partial charge in [0.25, 0.3) is 0 Å². The lowest BCUT2D eigenvalue weighted by Crippen LogP contribution is -1.99. The van der Waals surface area contributed by atoms with E-state index in [0.717, 1.165) is 0 Å². The fourth-order valence-corrected chi connectivity index (χ4v) is 0. The maximum atomic E-state index is 4.50. The van der Waals surface area contributed by atoms with Crippen LogP contribution in [0.2, 0.25) is 0 Å². The zero-order chi connectivity index (χ0) is 12.6. The highest BCUT2D eigenvalue weighted by atomic mass is 15.0. The first-order valence-corrected chi connectivity index (χ1v) is 4.29. The van der Waals surface area contributed by atoms with Crippen molar-refractivity contribution in [3.8, 4) is 0 Å². The Morgan fingerprint density at radius 1 is 0.938 bits per heavy atom. The van der Waals surface area contributed by atoms with E-state index in [0.29, 0.717) is 0 Å². The molecule has 0 unspecified atom stereocenters. The van der Waals surface area contributed by atoms with Crippen LogP contribution in [0.1, 0.15) is 2.85 Å². The summed E-state index contributed by atoms with van der Waals surface area (Å²) in [6, 6.07) is 0. The summed E-state index contributed by atoms with van der Waals surface area (Å²) in [5.74, 6) is 2.31. The second kappa shape index (κ2) is 47.1. The minimum absolute atomic E-state index is 0. The molecule has 0 aliphatic heterocycles. The van der Waals surface area contributed by atoms with E-state index >= 15 is 0 Å². The molecular formula is C10H32B2N4. The Morgan fingerprint density at radius 2 is 1.00 bits per heavy atom. The van der Waals surface area contributed by atoms with E-state index in [1.807, 2.05) is 52.1 Å². The molecule has 0 aromatic carbocycles. The number of aliphatic imine (C=N–C) groups is 1. The van der Waals surface area contributed by atoms with Gasteiger partial charge in [-0.2, -0.15) is 0 Å². The van der Waals surface area contributed by atoms with Gasteiger partial charge < -0.3 is 15.5 Å². The van der Waals surface area contributed by atoms with Crippen molar-refractivity contribution in [1.82, 2.24) is 9.80 Å². The summed E-state index contributed by atoms with van der Waals surface area (Å²) in [5, 5.41) is 0.